The molecule has 0 aliphatic carbocycles. The maximum Gasteiger partial charge on any atom is 0.224 e. The van der Waals surface area contributed by atoms with Gasteiger partial charge in [-0.15, -0.1) is 0 Å². The molecule has 112 valence electrons. The van der Waals surface area contributed by atoms with E-state index in [1.807, 2.05) is 24.3 Å². The van der Waals surface area contributed by atoms with E-state index >= 15 is 0 Å². The first kappa shape index (κ1) is 16.5. The molecule has 0 fully saturated rings. The quantitative estimate of drug-likeness (QED) is 0.718. The zero-order valence-electron chi connectivity index (χ0n) is 12.7. The normalized spacial score (nSPS) is 11.2. The lowest BCUT2D eigenvalue weighted by Gasteiger charge is -2.30. The third kappa shape index (κ3) is 5.21. The van der Waals surface area contributed by atoms with E-state index in [0.29, 0.717) is 6.42 Å². The largest absolute Gasteiger partial charge is 0.473 e. The topological polar surface area (TPSA) is 64.3 Å². The van der Waals surface area contributed by atoms with Crippen LogP contribution in [0.1, 0.15) is 45.1 Å². The summed E-state index contributed by atoms with van der Waals surface area (Å²) >= 11 is 0. The molecule has 0 saturated carbocycles. The number of likely N-dealkylation sites (N-methyl/N-ethyl adjacent to an activating group) is 1. The fraction of sp³-hybridized carbons (Fsp3) is 0.562. The number of amides is 1. The minimum atomic E-state index is -0.591. The molecule has 0 aliphatic heterocycles. The van der Waals surface area contributed by atoms with Crippen LogP contribution in [0.5, 0.6) is 5.75 Å². The van der Waals surface area contributed by atoms with Crippen LogP contribution in [0.3, 0.4) is 0 Å². The van der Waals surface area contributed by atoms with Gasteiger partial charge in [-0.25, -0.2) is 0 Å². The number of ether oxygens (including phenoxy) is 1. The van der Waals surface area contributed by atoms with Gasteiger partial charge in [0, 0.05) is 19.9 Å². The Bertz CT molecular complexity index is 409. The zero-order valence-corrected chi connectivity index (χ0v) is 12.7. The number of carbonyl (C=O) groups excluding carboxylic acids is 1. The highest BCUT2D eigenvalue weighted by molar-refractivity contribution is 5.78. The molecule has 0 spiro atoms. The molecule has 4 nitrogen and oxygen atoms in total. The van der Waals surface area contributed by atoms with Gasteiger partial charge >= 0.3 is 0 Å². The van der Waals surface area contributed by atoms with Crippen LogP contribution in [0, 0.1) is 0 Å². The summed E-state index contributed by atoms with van der Waals surface area (Å²) in [6, 6.07) is 7.57. The number of benzene rings is 1. The number of rotatable bonds is 8. The number of hydrogen-bond acceptors (Lipinski definition) is 3. The molecule has 0 saturated heterocycles. The maximum atomic E-state index is 11.3. The van der Waals surface area contributed by atoms with E-state index in [0.717, 1.165) is 37.0 Å². The third-order valence-corrected chi connectivity index (χ3v) is 3.23. The Hall–Kier alpha value is -1.55. The Morgan fingerprint density at radius 2 is 1.75 bits per heavy atom. The van der Waals surface area contributed by atoms with Crippen molar-refractivity contribution in [2.45, 2.75) is 51.7 Å². The summed E-state index contributed by atoms with van der Waals surface area (Å²) in [5.74, 6) is 0.763. The van der Waals surface area contributed by atoms with E-state index in [-0.39, 0.29) is 5.91 Å². The number of carbonyl (C=O) groups is 1. The molecule has 0 aliphatic rings. The summed E-state index contributed by atoms with van der Waals surface area (Å²) in [6.45, 7) is 4.21. The van der Waals surface area contributed by atoms with Gasteiger partial charge in [-0.3, -0.25) is 10.5 Å². The molecule has 0 aromatic heterocycles. The van der Waals surface area contributed by atoms with Crippen molar-refractivity contribution >= 4 is 5.91 Å². The second-order valence-electron chi connectivity index (χ2n) is 5.16. The van der Waals surface area contributed by atoms with E-state index in [1.54, 1.807) is 7.05 Å². The lowest BCUT2D eigenvalue weighted by atomic mass is 10.0. The van der Waals surface area contributed by atoms with Crippen molar-refractivity contribution in [1.82, 2.24) is 5.32 Å². The number of hydrogen-bond donors (Lipinski definition) is 2. The van der Waals surface area contributed by atoms with E-state index < -0.39 is 5.72 Å². The summed E-state index contributed by atoms with van der Waals surface area (Å²) < 4.78 is 5.95. The van der Waals surface area contributed by atoms with Gasteiger partial charge in [-0.1, -0.05) is 38.8 Å². The van der Waals surface area contributed by atoms with Crippen molar-refractivity contribution in [2.75, 3.05) is 7.05 Å². The first-order valence-electron chi connectivity index (χ1n) is 7.30. The Morgan fingerprint density at radius 3 is 2.20 bits per heavy atom. The summed E-state index contributed by atoms with van der Waals surface area (Å²) in [7, 11) is 1.64. The summed E-state index contributed by atoms with van der Waals surface area (Å²) in [6.07, 6.45) is 4.03. The van der Waals surface area contributed by atoms with Gasteiger partial charge in [0.15, 0.2) is 5.72 Å². The summed E-state index contributed by atoms with van der Waals surface area (Å²) in [4.78, 5) is 11.3. The van der Waals surface area contributed by atoms with E-state index in [2.05, 4.69) is 19.2 Å². The van der Waals surface area contributed by atoms with E-state index in [9.17, 15) is 4.79 Å². The van der Waals surface area contributed by atoms with Gasteiger partial charge in [0.2, 0.25) is 5.91 Å². The fourth-order valence-corrected chi connectivity index (χ4v) is 2.26. The number of nitrogens with two attached hydrogens (primary N) is 1. The predicted molar refractivity (Wildman–Crippen MR) is 81.6 cm³/mol. The maximum absolute atomic E-state index is 11.3. The van der Waals surface area contributed by atoms with Gasteiger partial charge in [-0.05, 0) is 17.7 Å². The van der Waals surface area contributed by atoms with Crippen LogP contribution in [0.2, 0.25) is 0 Å². The second-order valence-corrected chi connectivity index (χ2v) is 5.16. The fourth-order valence-electron chi connectivity index (χ4n) is 2.26. The molecular formula is C16H26N2O2. The Labute approximate surface area is 121 Å². The molecule has 0 heterocycles. The molecule has 1 aromatic carbocycles. The zero-order chi connectivity index (χ0) is 15.0. The molecule has 0 bridgehead atoms. The van der Waals surface area contributed by atoms with Crippen molar-refractivity contribution in [3.8, 4) is 5.75 Å². The minimum Gasteiger partial charge on any atom is -0.473 e. The Kier molecular flexibility index (Phi) is 6.52. The molecule has 1 aromatic rings. The summed E-state index contributed by atoms with van der Waals surface area (Å²) in [5, 5.41) is 2.61. The highest BCUT2D eigenvalue weighted by Gasteiger charge is 2.24. The van der Waals surface area contributed by atoms with Gasteiger partial charge in [-0.2, -0.15) is 0 Å². The standard InChI is InChI=1S/C16H26N2O2/c1-4-10-16(17,11-5-2)20-14-8-6-13(7-9-14)12-15(19)18-3/h6-9H,4-5,10-12,17H2,1-3H3,(H,18,19). The molecule has 3 N–H and O–H groups in total. The monoisotopic (exact) mass is 278 g/mol. The molecule has 1 rings (SSSR count). The van der Waals surface area contributed by atoms with Crippen LogP contribution in [0.25, 0.3) is 0 Å². The molecule has 0 unspecified atom stereocenters. The van der Waals surface area contributed by atoms with E-state index in [1.165, 1.54) is 0 Å². The van der Waals surface area contributed by atoms with Crippen LogP contribution >= 0.6 is 0 Å². The predicted octanol–water partition coefficient (Wildman–Crippen LogP) is 2.61. The first-order chi connectivity index (χ1) is 9.53. The van der Waals surface area contributed by atoms with Crippen molar-refractivity contribution in [1.29, 1.82) is 0 Å². The summed E-state index contributed by atoms with van der Waals surface area (Å²) in [5.41, 5.74) is 6.68. The van der Waals surface area contributed by atoms with Gasteiger partial charge in [0.1, 0.15) is 5.75 Å². The lowest BCUT2D eigenvalue weighted by molar-refractivity contribution is -0.119. The van der Waals surface area contributed by atoms with Crippen molar-refractivity contribution < 1.29 is 9.53 Å². The number of nitrogens with one attached hydrogen (secondary N) is 1. The van der Waals surface area contributed by atoms with E-state index in [4.69, 9.17) is 10.5 Å². The average Bonchev–Trinajstić information content (AvgIpc) is 2.41. The highest BCUT2D eigenvalue weighted by Crippen LogP contribution is 2.23. The second kappa shape index (κ2) is 7.90. The molecule has 4 heteroatoms. The minimum absolute atomic E-state index is 0.00352. The molecular weight excluding hydrogens is 252 g/mol. The molecule has 0 radical (unpaired) electrons. The molecule has 20 heavy (non-hydrogen) atoms. The molecule has 1 amide bonds. The van der Waals surface area contributed by atoms with Gasteiger partial charge in [0.05, 0.1) is 6.42 Å². The van der Waals surface area contributed by atoms with Crippen LogP contribution in [0.15, 0.2) is 24.3 Å². The van der Waals surface area contributed by atoms with Gasteiger partial charge < -0.3 is 10.1 Å². The van der Waals surface area contributed by atoms with Crippen molar-refractivity contribution in [3.63, 3.8) is 0 Å². The van der Waals surface area contributed by atoms with Crippen LogP contribution in [0.4, 0.5) is 0 Å². The Balaban J connectivity index is 2.70. The average molecular weight is 278 g/mol. The SMILES string of the molecule is CCCC(N)(CCC)Oc1ccc(CC(=O)NC)cc1. The highest BCUT2D eigenvalue weighted by atomic mass is 16.5. The molecule has 0 atom stereocenters. The smallest absolute Gasteiger partial charge is 0.224 e. The van der Waals surface area contributed by atoms with Crippen LogP contribution in [-0.4, -0.2) is 18.7 Å². The van der Waals surface area contributed by atoms with Crippen molar-refractivity contribution in [2.24, 2.45) is 5.73 Å². The van der Waals surface area contributed by atoms with Crippen LogP contribution < -0.4 is 15.8 Å². The third-order valence-electron chi connectivity index (χ3n) is 3.23. The van der Waals surface area contributed by atoms with Crippen LogP contribution in [-0.2, 0) is 11.2 Å². The van der Waals surface area contributed by atoms with Crippen molar-refractivity contribution in [3.05, 3.63) is 29.8 Å². The first-order valence-corrected chi connectivity index (χ1v) is 7.30. The lowest BCUT2D eigenvalue weighted by Crippen LogP contribution is -2.45. The Morgan fingerprint density at radius 1 is 1.20 bits per heavy atom. The van der Waals surface area contributed by atoms with Gasteiger partial charge in [0.25, 0.3) is 0 Å².